The Bertz CT molecular complexity index is 1690. The number of para-hydroxylation sites is 2. The molecule has 0 saturated carbocycles. The third-order valence-electron chi connectivity index (χ3n) is 8.33. The van der Waals surface area contributed by atoms with Gasteiger partial charge in [0.25, 0.3) is 0 Å². The second-order valence-electron chi connectivity index (χ2n) is 10.2. The van der Waals surface area contributed by atoms with Crippen molar-refractivity contribution in [2.24, 2.45) is 5.92 Å². The summed E-state index contributed by atoms with van der Waals surface area (Å²) in [6.07, 6.45) is 2.08. The summed E-state index contributed by atoms with van der Waals surface area (Å²) >= 11 is 4.82. The number of anilines is 2. The molecule has 0 aliphatic carbocycles. The van der Waals surface area contributed by atoms with Crippen molar-refractivity contribution >= 4 is 61.7 Å². The molecule has 0 bridgehead atoms. The molecule has 192 valence electrons. The monoisotopic (exact) mass is 594 g/mol. The Morgan fingerprint density at radius 3 is 2.44 bits per heavy atom. The van der Waals surface area contributed by atoms with Crippen LogP contribution in [0.1, 0.15) is 38.1 Å². The maximum absolute atomic E-state index is 14.7. The molecule has 5 nitrogen and oxygen atoms in total. The molecule has 1 amide bonds. The van der Waals surface area contributed by atoms with Gasteiger partial charge in [-0.25, -0.2) is 0 Å². The van der Waals surface area contributed by atoms with Crippen LogP contribution >= 0.6 is 27.3 Å². The molecule has 4 atom stereocenters. The Hall–Kier alpha value is -3.81. The van der Waals surface area contributed by atoms with Gasteiger partial charge in [0.15, 0.2) is 11.6 Å². The molecule has 4 aromatic rings. The number of fused-ring (bicyclic) bond motifs is 6. The number of nitrogens with one attached hydrogen (secondary N) is 1. The van der Waals surface area contributed by atoms with E-state index in [0.717, 1.165) is 26.9 Å². The van der Waals surface area contributed by atoms with Crippen LogP contribution in [0.5, 0.6) is 0 Å². The smallest absolute Gasteiger partial charge is 0.238 e. The molecule has 0 radical (unpaired) electrons. The first-order chi connectivity index (χ1) is 18.9. The summed E-state index contributed by atoms with van der Waals surface area (Å²) in [5.74, 6) is -1.58. The van der Waals surface area contributed by atoms with Gasteiger partial charge in [-0.05, 0) is 53.8 Å². The highest BCUT2D eigenvalue weighted by molar-refractivity contribution is 9.10. The summed E-state index contributed by atoms with van der Waals surface area (Å²) in [6, 6.07) is 24.9. The lowest BCUT2D eigenvalue weighted by atomic mass is 9.64. The molecule has 1 aromatic heterocycles. The van der Waals surface area contributed by atoms with Gasteiger partial charge >= 0.3 is 0 Å². The minimum Gasteiger partial charge on any atom is -0.352 e. The summed E-state index contributed by atoms with van der Waals surface area (Å²) in [4.78, 5) is 46.1. The lowest BCUT2D eigenvalue weighted by Gasteiger charge is -2.39. The first-order valence-corrected chi connectivity index (χ1v) is 14.4. The standard InChI is InChI=1S/C32H23BrN2O3S/c1-18-17-26-32(22-8-3-4-9-23(22)34-31(32)38)27(29(36)19-12-14-20(33)15-13-19)28(30(37)25-11-6-16-39-25)35(26)24-10-5-2-7-21(18)24/h2-17,26-28H,1H3,(H,34,38)/t26-,27+,28-,32+/m0/s1. The molecule has 7 rings (SSSR count). The van der Waals surface area contributed by atoms with Gasteiger partial charge in [0.05, 0.1) is 16.8 Å². The fourth-order valence-corrected chi connectivity index (χ4v) is 7.71. The van der Waals surface area contributed by atoms with Crippen LogP contribution in [0.15, 0.2) is 101 Å². The number of amides is 1. The minimum absolute atomic E-state index is 0.151. The number of rotatable bonds is 4. The van der Waals surface area contributed by atoms with Gasteiger partial charge in [0.1, 0.15) is 11.5 Å². The number of allylic oxidation sites excluding steroid dienone is 1. The molecule has 1 spiro atoms. The molecule has 1 fully saturated rings. The van der Waals surface area contributed by atoms with Crippen molar-refractivity contribution in [1.29, 1.82) is 0 Å². The molecule has 3 aliphatic heterocycles. The van der Waals surface area contributed by atoms with Crippen LogP contribution < -0.4 is 10.2 Å². The van der Waals surface area contributed by atoms with Crippen molar-refractivity contribution in [2.45, 2.75) is 24.4 Å². The molecule has 3 aliphatic rings. The van der Waals surface area contributed by atoms with Crippen molar-refractivity contribution in [2.75, 3.05) is 10.2 Å². The predicted molar refractivity (Wildman–Crippen MR) is 158 cm³/mol. The molecule has 1 N–H and O–H groups in total. The summed E-state index contributed by atoms with van der Waals surface area (Å²) in [5, 5.41) is 4.95. The zero-order valence-corrected chi connectivity index (χ0v) is 23.3. The fraction of sp³-hybridized carbons (Fsp3) is 0.156. The molecule has 7 heteroatoms. The van der Waals surface area contributed by atoms with Gasteiger partial charge in [-0.2, -0.15) is 0 Å². The quantitative estimate of drug-likeness (QED) is 0.265. The number of nitrogens with zero attached hydrogens (tertiary/aromatic N) is 1. The van der Waals surface area contributed by atoms with E-state index in [4.69, 9.17) is 0 Å². The number of halogens is 1. The maximum atomic E-state index is 14.7. The lowest BCUT2D eigenvalue weighted by molar-refractivity contribution is -0.121. The van der Waals surface area contributed by atoms with Gasteiger partial charge < -0.3 is 10.2 Å². The summed E-state index contributed by atoms with van der Waals surface area (Å²) < 4.78 is 0.847. The van der Waals surface area contributed by atoms with Crippen LogP contribution in [0.2, 0.25) is 0 Å². The highest BCUT2D eigenvalue weighted by Crippen LogP contribution is 2.58. The van der Waals surface area contributed by atoms with Crippen molar-refractivity contribution < 1.29 is 14.4 Å². The topological polar surface area (TPSA) is 66.5 Å². The summed E-state index contributed by atoms with van der Waals surface area (Å²) in [6.45, 7) is 2.03. The van der Waals surface area contributed by atoms with E-state index >= 15 is 0 Å². The van der Waals surface area contributed by atoms with Crippen LogP contribution in [-0.2, 0) is 10.2 Å². The average Bonchev–Trinajstić information content (AvgIpc) is 3.66. The van der Waals surface area contributed by atoms with E-state index in [0.29, 0.717) is 16.1 Å². The van der Waals surface area contributed by atoms with Crippen molar-refractivity contribution in [3.05, 3.63) is 122 Å². The second-order valence-corrected chi connectivity index (χ2v) is 12.1. The number of hydrogen-bond acceptors (Lipinski definition) is 5. The number of ketones is 2. The Morgan fingerprint density at radius 2 is 1.67 bits per heavy atom. The van der Waals surface area contributed by atoms with Crippen molar-refractivity contribution in [3.63, 3.8) is 0 Å². The molecular weight excluding hydrogens is 572 g/mol. The number of carbonyl (C=O) groups excluding carboxylic acids is 3. The molecule has 1 saturated heterocycles. The average molecular weight is 596 g/mol. The highest BCUT2D eigenvalue weighted by Gasteiger charge is 2.70. The number of thiophene rings is 1. The van der Waals surface area contributed by atoms with E-state index in [2.05, 4.69) is 27.3 Å². The SMILES string of the molecule is CC1=C[C@@H]2N(c3ccccc31)[C@H](C(=O)c1cccs1)[C@H](C(=O)c1ccc(Br)cc1)[C@]21C(=O)Nc2ccccc21. The third kappa shape index (κ3) is 3.33. The normalized spacial score (nSPS) is 24.6. The van der Waals surface area contributed by atoms with Crippen LogP contribution in [0.3, 0.4) is 0 Å². The molecule has 39 heavy (non-hydrogen) atoms. The number of hydrogen-bond donors (Lipinski definition) is 1. The molecular formula is C32H23BrN2O3S. The van der Waals surface area contributed by atoms with E-state index in [-0.39, 0.29) is 17.5 Å². The second kappa shape index (κ2) is 8.86. The highest BCUT2D eigenvalue weighted by atomic mass is 79.9. The van der Waals surface area contributed by atoms with Crippen molar-refractivity contribution in [3.8, 4) is 0 Å². The Labute approximate surface area is 238 Å². The predicted octanol–water partition coefficient (Wildman–Crippen LogP) is 6.76. The number of carbonyl (C=O) groups is 3. The number of Topliss-reactive ketones (excluding diaryl/α,β-unsaturated/α-hetero) is 2. The molecule has 0 unspecified atom stereocenters. The van der Waals surface area contributed by atoms with E-state index in [1.807, 2.05) is 83.9 Å². The lowest BCUT2D eigenvalue weighted by Crippen LogP contribution is -2.51. The first-order valence-electron chi connectivity index (χ1n) is 12.8. The fourth-order valence-electron chi connectivity index (χ4n) is 6.75. The van der Waals surface area contributed by atoms with E-state index in [1.165, 1.54) is 11.3 Å². The zero-order chi connectivity index (χ0) is 26.9. The maximum Gasteiger partial charge on any atom is 0.238 e. The van der Waals surface area contributed by atoms with E-state index < -0.39 is 23.4 Å². The Kier molecular flexibility index (Phi) is 5.51. The van der Waals surface area contributed by atoms with Gasteiger partial charge in [-0.1, -0.05) is 76.6 Å². The number of benzene rings is 3. The van der Waals surface area contributed by atoms with Gasteiger partial charge in [-0.3, -0.25) is 14.4 Å². The Balaban J connectivity index is 1.56. The zero-order valence-electron chi connectivity index (χ0n) is 20.9. The summed E-state index contributed by atoms with van der Waals surface area (Å²) in [7, 11) is 0. The van der Waals surface area contributed by atoms with Crippen LogP contribution in [0.25, 0.3) is 5.57 Å². The van der Waals surface area contributed by atoms with Crippen LogP contribution in [0.4, 0.5) is 11.4 Å². The van der Waals surface area contributed by atoms with Crippen LogP contribution in [-0.4, -0.2) is 29.6 Å². The molecule has 3 aromatic carbocycles. The summed E-state index contributed by atoms with van der Waals surface area (Å²) in [5.41, 5.74) is 3.49. The van der Waals surface area contributed by atoms with E-state index in [9.17, 15) is 14.4 Å². The first kappa shape index (κ1) is 24.2. The molecule has 4 heterocycles. The van der Waals surface area contributed by atoms with Crippen molar-refractivity contribution in [1.82, 2.24) is 0 Å². The van der Waals surface area contributed by atoms with E-state index in [1.54, 1.807) is 18.2 Å². The third-order valence-corrected chi connectivity index (χ3v) is 9.74. The Morgan fingerprint density at radius 1 is 0.923 bits per heavy atom. The van der Waals surface area contributed by atoms with Gasteiger partial charge in [0, 0.05) is 27.0 Å². The minimum atomic E-state index is -1.30. The largest absolute Gasteiger partial charge is 0.352 e. The van der Waals surface area contributed by atoms with Gasteiger partial charge in [-0.15, -0.1) is 11.3 Å². The van der Waals surface area contributed by atoms with Crippen LogP contribution in [0, 0.1) is 5.92 Å². The van der Waals surface area contributed by atoms with Gasteiger partial charge in [0.2, 0.25) is 5.91 Å².